The van der Waals surface area contributed by atoms with E-state index < -0.39 is 0 Å². The Morgan fingerprint density at radius 1 is 1.33 bits per heavy atom. The van der Waals surface area contributed by atoms with Crippen LogP contribution in [0.25, 0.3) is 22.2 Å². The number of nitrogens with one attached hydrogen (secondary N) is 2. The van der Waals surface area contributed by atoms with E-state index in [1.165, 1.54) is 6.07 Å². The lowest BCUT2D eigenvalue weighted by atomic mass is 10.1. The van der Waals surface area contributed by atoms with Crippen molar-refractivity contribution in [3.8, 4) is 11.3 Å². The molecule has 0 unspecified atom stereocenters. The number of nitrogens with two attached hydrogens (primary N) is 1. The van der Waals surface area contributed by atoms with Crippen molar-refractivity contribution in [3.05, 3.63) is 47.5 Å². The Balaban J connectivity index is 2.25. The third-order valence-electron chi connectivity index (χ3n) is 3.29. The van der Waals surface area contributed by atoms with Gasteiger partial charge in [0.25, 0.3) is 0 Å². The van der Waals surface area contributed by atoms with E-state index in [1.807, 2.05) is 25.3 Å². The van der Waals surface area contributed by atoms with Gasteiger partial charge in [-0.2, -0.15) is 0 Å². The molecular weight excluding hydrogens is 229 g/mol. The number of benzene rings is 1. The highest BCUT2D eigenvalue weighted by Crippen LogP contribution is 2.30. The van der Waals surface area contributed by atoms with Gasteiger partial charge in [-0.25, -0.2) is 4.39 Å². The Kier molecular flexibility index (Phi) is 2.45. The van der Waals surface area contributed by atoms with E-state index in [1.54, 1.807) is 6.07 Å². The molecule has 0 aliphatic rings. The van der Waals surface area contributed by atoms with Crippen LogP contribution in [-0.2, 0) is 6.54 Å². The first kappa shape index (κ1) is 11.0. The van der Waals surface area contributed by atoms with Gasteiger partial charge in [0.15, 0.2) is 0 Å². The Bertz CT molecular complexity index is 709. The topological polar surface area (TPSA) is 57.6 Å². The monoisotopic (exact) mass is 243 g/mol. The van der Waals surface area contributed by atoms with Crippen molar-refractivity contribution in [2.45, 2.75) is 13.5 Å². The van der Waals surface area contributed by atoms with Crippen LogP contribution in [0.1, 0.15) is 11.3 Å². The molecule has 18 heavy (non-hydrogen) atoms. The normalized spacial score (nSPS) is 11.3. The second kappa shape index (κ2) is 3.99. The van der Waals surface area contributed by atoms with Crippen LogP contribution in [0.5, 0.6) is 0 Å². The van der Waals surface area contributed by atoms with Gasteiger partial charge in [0, 0.05) is 40.6 Å². The molecule has 3 aromatic rings. The van der Waals surface area contributed by atoms with E-state index in [9.17, 15) is 4.39 Å². The molecule has 0 saturated carbocycles. The molecule has 4 N–H and O–H groups in total. The summed E-state index contributed by atoms with van der Waals surface area (Å²) in [5.74, 6) is -0.217. The van der Waals surface area contributed by atoms with E-state index >= 15 is 0 Å². The van der Waals surface area contributed by atoms with E-state index in [4.69, 9.17) is 5.73 Å². The molecule has 0 bridgehead atoms. The Hall–Kier alpha value is -2.07. The van der Waals surface area contributed by atoms with Crippen LogP contribution in [-0.4, -0.2) is 9.97 Å². The van der Waals surface area contributed by atoms with Gasteiger partial charge in [-0.15, -0.1) is 0 Å². The largest absolute Gasteiger partial charge is 0.360 e. The zero-order chi connectivity index (χ0) is 12.7. The summed E-state index contributed by atoms with van der Waals surface area (Å²) < 4.78 is 13.9. The number of rotatable bonds is 2. The molecule has 4 heteroatoms. The number of aromatic nitrogens is 2. The van der Waals surface area contributed by atoms with Crippen LogP contribution in [0.15, 0.2) is 30.5 Å². The number of fused-ring (bicyclic) bond motifs is 1. The van der Waals surface area contributed by atoms with E-state index in [0.29, 0.717) is 11.9 Å². The van der Waals surface area contributed by atoms with E-state index in [0.717, 1.165) is 28.0 Å². The van der Waals surface area contributed by atoms with E-state index in [-0.39, 0.29) is 5.82 Å². The third-order valence-corrected chi connectivity index (χ3v) is 3.29. The van der Waals surface area contributed by atoms with Crippen molar-refractivity contribution in [2.24, 2.45) is 5.73 Å². The van der Waals surface area contributed by atoms with Crippen molar-refractivity contribution in [2.75, 3.05) is 0 Å². The first-order chi connectivity index (χ1) is 8.70. The van der Waals surface area contributed by atoms with Crippen LogP contribution in [0.3, 0.4) is 0 Å². The molecule has 0 spiro atoms. The highest BCUT2D eigenvalue weighted by atomic mass is 19.1. The summed E-state index contributed by atoms with van der Waals surface area (Å²) in [6.07, 6.45) is 1.82. The Morgan fingerprint density at radius 3 is 2.89 bits per heavy atom. The van der Waals surface area contributed by atoms with Gasteiger partial charge in [0.1, 0.15) is 5.82 Å². The number of aromatic amines is 2. The van der Waals surface area contributed by atoms with Crippen molar-refractivity contribution in [1.82, 2.24) is 9.97 Å². The predicted molar refractivity (Wildman–Crippen MR) is 70.7 cm³/mol. The lowest BCUT2D eigenvalue weighted by Gasteiger charge is -1.97. The van der Waals surface area contributed by atoms with Crippen molar-refractivity contribution < 1.29 is 4.39 Å². The molecule has 1 aromatic carbocycles. The SMILES string of the molecule is Cc1[nH]c(-c2c[nH]c3cccc(F)c23)cc1CN. The number of aryl methyl sites for hydroxylation is 1. The molecule has 0 amide bonds. The van der Waals surface area contributed by atoms with Crippen LogP contribution >= 0.6 is 0 Å². The second-order valence-corrected chi connectivity index (χ2v) is 4.40. The molecule has 3 rings (SSSR count). The molecule has 0 aliphatic carbocycles. The lowest BCUT2D eigenvalue weighted by molar-refractivity contribution is 0.640. The van der Waals surface area contributed by atoms with Gasteiger partial charge in [-0.05, 0) is 30.7 Å². The predicted octanol–water partition coefficient (Wildman–Crippen LogP) is 3.07. The summed E-state index contributed by atoms with van der Waals surface area (Å²) in [7, 11) is 0. The first-order valence-electron chi connectivity index (χ1n) is 5.85. The fraction of sp³-hybridized carbons (Fsp3) is 0.143. The van der Waals surface area contributed by atoms with Gasteiger partial charge >= 0.3 is 0 Å². The van der Waals surface area contributed by atoms with Crippen LogP contribution in [0.4, 0.5) is 4.39 Å². The second-order valence-electron chi connectivity index (χ2n) is 4.40. The van der Waals surface area contributed by atoms with E-state index in [2.05, 4.69) is 9.97 Å². The van der Waals surface area contributed by atoms with Crippen LogP contribution in [0, 0.1) is 12.7 Å². The molecule has 92 valence electrons. The number of hydrogen-bond acceptors (Lipinski definition) is 1. The van der Waals surface area contributed by atoms with Crippen molar-refractivity contribution >= 4 is 10.9 Å². The zero-order valence-corrected chi connectivity index (χ0v) is 10.0. The molecule has 0 radical (unpaired) electrons. The van der Waals surface area contributed by atoms with Gasteiger partial charge in [0.2, 0.25) is 0 Å². The number of H-pyrrole nitrogens is 2. The summed E-state index contributed by atoms with van der Waals surface area (Å²) in [5, 5.41) is 0.613. The maximum Gasteiger partial charge on any atom is 0.133 e. The molecule has 0 aliphatic heterocycles. The highest BCUT2D eigenvalue weighted by Gasteiger charge is 2.12. The summed E-state index contributed by atoms with van der Waals surface area (Å²) >= 11 is 0. The average Bonchev–Trinajstić information content (AvgIpc) is 2.93. The molecule has 2 heterocycles. The molecular formula is C14H14FN3. The molecule has 0 fully saturated rings. The minimum Gasteiger partial charge on any atom is -0.360 e. The smallest absolute Gasteiger partial charge is 0.133 e. The quantitative estimate of drug-likeness (QED) is 0.636. The minimum absolute atomic E-state index is 0.217. The summed E-state index contributed by atoms with van der Waals surface area (Å²) in [6.45, 7) is 2.45. The summed E-state index contributed by atoms with van der Waals surface area (Å²) in [6, 6.07) is 7.01. The molecule has 2 aromatic heterocycles. The first-order valence-corrected chi connectivity index (χ1v) is 5.85. The summed E-state index contributed by atoms with van der Waals surface area (Å²) in [4.78, 5) is 6.33. The van der Waals surface area contributed by atoms with Gasteiger partial charge < -0.3 is 15.7 Å². The summed E-state index contributed by atoms with van der Waals surface area (Å²) in [5.41, 5.74) is 10.3. The van der Waals surface area contributed by atoms with Crippen molar-refractivity contribution in [1.29, 1.82) is 0 Å². The standard InChI is InChI=1S/C14H14FN3/c1-8-9(6-16)5-13(18-8)10-7-17-12-4-2-3-11(15)14(10)12/h2-5,7,17-18H,6,16H2,1H3. The van der Waals surface area contributed by atoms with Crippen molar-refractivity contribution in [3.63, 3.8) is 0 Å². The maximum atomic E-state index is 13.9. The zero-order valence-electron chi connectivity index (χ0n) is 10.0. The van der Waals surface area contributed by atoms with Gasteiger partial charge in [-0.3, -0.25) is 0 Å². The number of hydrogen-bond donors (Lipinski definition) is 3. The maximum absolute atomic E-state index is 13.9. The minimum atomic E-state index is -0.217. The highest BCUT2D eigenvalue weighted by molar-refractivity contribution is 5.95. The van der Waals surface area contributed by atoms with Crippen LogP contribution < -0.4 is 5.73 Å². The van der Waals surface area contributed by atoms with Crippen LogP contribution in [0.2, 0.25) is 0 Å². The fourth-order valence-corrected chi connectivity index (χ4v) is 2.31. The lowest BCUT2D eigenvalue weighted by Crippen LogP contribution is -1.95. The van der Waals surface area contributed by atoms with Gasteiger partial charge in [0.05, 0.1) is 0 Å². The van der Waals surface area contributed by atoms with Gasteiger partial charge in [-0.1, -0.05) is 6.07 Å². The molecule has 3 nitrogen and oxygen atoms in total. The number of halogens is 1. The molecule has 0 atom stereocenters. The Morgan fingerprint density at radius 2 is 2.17 bits per heavy atom. The Labute approximate surface area is 104 Å². The molecule has 0 saturated heterocycles. The third kappa shape index (κ3) is 1.54. The fourth-order valence-electron chi connectivity index (χ4n) is 2.31. The average molecular weight is 243 g/mol.